The molecule has 104 valence electrons. The van der Waals surface area contributed by atoms with Crippen molar-refractivity contribution in [1.29, 1.82) is 0 Å². The summed E-state index contributed by atoms with van der Waals surface area (Å²) in [5.41, 5.74) is 1.29. The van der Waals surface area contributed by atoms with Crippen LogP contribution in [0.4, 0.5) is 5.69 Å². The van der Waals surface area contributed by atoms with Gasteiger partial charge in [0.25, 0.3) is 5.91 Å². The first kappa shape index (κ1) is 15.2. The Labute approximate surface area is 113 Å². The Morgan fingerprint density at radius 3 is 2.42 bits per heavy atom. The zero-order chi connectivity index (χ0) is 14.1. The van der Waals surface area contributed by atoms with E-state index in [1.807, 2.05) is 0 Å². The topological polar surface area (TPSA) is 70.2 Å². The summed E-state index contributed by atoms with van der Waals surface area (Å²) in [6.07, 6.45) is 2.03. The number of carbonyl (C=O) groups is 2. The minimum absolute atomic E-state index is 0.0819. The molecule has 0 heterocycles. The van der Waals surface area contributed by atoms with Crippen LogP contribution in [0.5, 0.6) is 0 Å². The maximum atomic E-state index is 11.7. The van der Waals surface area contributed by atoms with E-state index < -0.39 is 0 Å². The van der Waals surface area contributed by atoms with Crippen LogP contribution in [0.3, 0.4) is 0 Å². The lowest BCUT2D eigenvalue weighted by molar-refractivity contribution is -0.115. The van der Waals surface area contributed by atoms with Gasteiger partial charge in [-0.25, -0.2) is 0 Å². The molecular formula is C14H21N3O2. The molecular weight excluding hydrogens is 242 g/mol. The molecule has 3 N–H and O–H groups in total. The average Bonchev–Trinajstić information content (AvgIpc) is 2.40. The Morgan fingerprint density at radius 1 is 1.16 bits per heavy atom. The number of likely N-dealkylation sites (N-methyl/N-ethyl adjacent to an activating group) is 1. The zero-order valence-corrected chi connectivity index (χ0v) is 11.5. The second-order valence-corrected chi connectivity index (χ2v) is 4.27. The van der Waals surface area contributed by atoms with Gasteiger partial charge in [0, 0.05) is 17.8 Å². The number of amides is 2. The maximum Gasteiger partial charge on any atom is 0.251 e. The fraction of sp³-hybridized carbons (Fsp3) is 0.429. The van der Waals surface area contributed by atoms with Crippen LogP contribution in [-0.4, -0.2) is 32.0 Å². The van der Waals surface area contributed by atoms with Crippen molar-refractivity contribution >= 4 is 17.5 Å². The molecule has 0 radical (unpaired) electrons. The van der Waals surface area contributed by atoms with E-state index in [-0.39, 0.29) is 18.4 Å². The molecule has 1 rings (SSSR count). The van der Waals surface area contributed by atoms with Crippen LogP contribution in [0, 0.1) is 0 Å². The second-order valence-electron chi connectivity index (χ2n) is 4.27. The molecule has 0 unspecified atom stereocenters. The van der Waals surface area contributed by atoms with Gasteiger partial charge in [0.15, 0.2) is 0 Å². The van der Waals surface area contributed by atoms with E-state index in [0.717, 1.165) is 12.8 Å². The number of hydrogen-bond donors (Lipinski definition) is 3. The summed E-state index contributed by atoms with van der Waals surface area (Å²) in [6, 6.07) is 6.86. The molecule has 0 aliphatic carbocycles. The highest BCUT2D eigenvalue weighted by atomic mass is 16.2. The number of carbonyl (C=O) groups excluding carboxylic acids is 2. The van der Waals surface area contributed by atoms with Crippen molar-refractivity contribution in [3.63, 3.8) is 0 Å². The molecule has 0 fully saturated rings. The van der Waals surface area contributed by atoms with Crippen LogP contribution in [0.2, 0.25) is 0 Å². The van der Waals surface area contributed by atoms with Crippen LogP contribution in [0.15, 0.2) is 24.3 Å². The summed E-state index contributed by atoms with van der Waals surface area (Å²) in [4.78, 5) is 23.1. The third-order valence-electron chi connectivity index (χ3n) is 2.58. The molecule has 0 saturated heterocycles. The minimum atomic E-state index is -0.109. The van der Waals surface area contributed by atoms with E-state index >= 15 is 0 Å². The van der Waals surface area contributed by atoms with Gasteiger partial charge < -0.3 is 16.0 Å². The predicted molar refractivity (Wildman–Crippen MR) is 76.2 cm³/mol. The van der Waals surface area contributed by atoms with Crippen LogP contribution in [0.25, 0.3) is 0 Å². The lowest BCUT2D eigenvalue weighted by atomic mass is 10.2. The van der Waals surface area contributed by atoms with Crippen LogP contribution >= 0.6 is 0 Å². The summed E-state index contributed by atoms with van der Waals surface area (Å²) in [6.45, 7) is 3.03. The number of unbranched alkanes of at least 4 members (excludes halogenated alkanes) is 1. The Bertz CT molecular complexity index is 415. The van der Waals surface area contributed by atoms with Crippen LogP contribution in [-0.2, 0) is 4.79 Å². The van der Waals surface area contributed by atoms with Crippen molar-refractivity contribution in [2.45, 2.75) is 19.8 Å². The van der Waals surface area contributed by atoms with Crippen LogP contribution < -0.4 is 16.0 Å². The van der Waals surface area contributed by atoms with E-state index in [9.17, 15) is 9.59 Å². The second kappa shape index (κ2) is 8.26. The molecule has 0 bridgehead atoms. The van der Waals surface area contributed by atoms with Gasteiger partial charge >= 0.3 is 0 Å². The minimum Gasteiger partial charge on any atom is -0.352 e. The molecule has 1 aromatic carbocycles. The molecule has 0 aromatic heterocycles. The summed E-state index contributed by atoms with van der Waals surface area (Å²) >= 11 is 0. The standard InChI is InChI=1S/C14H21N3O2/c1-3-4-9-16-14(19)11-5-7-12(8-6-11)17-13(18)10-15-2/h5-8,15H,3-4,9-10H2,1-2H3,(H,16,19)(H,17,18). The summed E-state index contributed by atoms with van der Waals surface area (Å²) in [5, 5.41) is 8.34. The van der Waals surface area contributed by atoms with Gasteiger partial charge in [-0.05, 0) is 37.7 Å². The number of nitrogens with one attached hydrogen (secondary N) is 3. The van der Waals surface area contributed by atoms with E-state index in [4.69, 9.17) is 0 Å². The predicted octanol–water partition coefficient (Wildman–Crippen LogP) is 1.37. The van der Waals surface area contributed by atoms with Crippen molar-refractivity contribution in [1.82, 2.24) is 10.6 Å². The van der Waals surface area contributed by atoms with Crippen molar-refractivity contribution in [2.24, 2.45) is 0 Å². The largest absolute Gasteiger partial charge is 0.352 e. The number of benzene rings is 1. The van der Waals surface area contributed by atoms with Gasteiger partial charge in [-0.1, -0.05) is 13.3 Å². The normalized spacial score (nSPS) is 10.0. The highest BCUT2D eigenvalue weighted by molar-refractivity contribution is 5.96. The molecule has 19 heavy (non-hydrogen) atoms. The van der Waals surface area contributed by atoms with Crippen molar-refractivity contribution < 1.29 is 9.59 Å². The van der Waals surface area contributed by atoms with Gasteiger partial charge in [0.2, 0.25) is 5.91 Å². The molecule has 2 amide bonds. The molecule has 1 aromatic rings. The van der Waals surface area contributed by atoms with E-state index in [2.05, 4.69) is 22.9 Å². The Kier molecular flexibility index (Phi) is 6.60. The molecule has 0 spiro atoms. The van der Waals surface area contributed by atoms with E-state index in [1.54, 1.807) is 31.3 Å². The van der Waals surface area contributed by atoms with Gasteiger partial charge in [0.05, 0.1) is 6.54 Å². The third-order valence-corrected chi connectivity index (χ3v) is 2.58. The molecule has 0 aliphatic heterocycles. The summed E-state index contributed by atoms with van der Waals surface area (Å²) in [5.74, 6) is -0.191. The molecule has 0 atom stereocenters. The number of anilines is 1. The monoisotopic (exact) mass is 263 g/mol. The highest BCUT2D eigenvalue weighted by Crippen LogP contribution is 2.09. The van der Waals surface area contributed by atoms with Gasteiger partial charge in [0.1, 0.15) is 0 Å². The van der Waals surface area contributed by atoms with Crippen LogP contribution in [0.1, 0.15) is 30.1 Å². The third kappa shape index (κ3) is 5.52. The fourth-order valence-corrected chi connectivity index (χ4v) is 1.55. The first-order chi connectivity index (χ1) is 9.17. The molecule has 5 heteroatoms. The number of rotatable bonds is 7. The smallest absolute Gasteiger partial charge is 0.251 e. The molecule has 0 aliphatic rings. The Morgan fingerprint density at radius 2 is 1.84 bits per heavy atom. The maximum absolute atomic E-state index is 11.7. The fourth-order valence-electron chi connectivity index (χ4n) is 1.55. The first-order valence-corrected chi connectivity index (χ1v) is 6.50. The zero-order valence-electron chi connectivity index (χ0n) is 11.5. The number of hydrogen-bond acceptors (Lipinski definition) is 3. The molecule has 5 nitrogen and oxygen atoms in total. The average molecular weight is 263 g/mol. The van der Waals surface area contributed by atoms with Crippen molar-refractivity contribution in [2.75, 3.05) is 25.5 Å². The summed E-state index contributed by atoms with van der Waals surface area (Å²) < 4.78 is 0. The van der Waals surface area contributed by atoms with Crippen molar-refractivity contribution in [3.05, 3.63) is 29.8 Å². The van der Waals surface area contributed by atoms with E-state index in [1.165, 1.54) is 0 Å². The lowest BCUT2D eigenvalue weighted by Gasteiger charge is -2.07. The summed E-state index contributed by atoms with van der Waals surface area (Å²) in [7, 11) is 1.71. The first-order valence-electron chi connectivity index (χ1n) is 6.50. The Balaban J connectivity index is 2.51. The SMILES string of the molecule is CCCCNC(=O)c1ccc(NC(=O)CNC)cc1. The lowest BCUT2D eigenvalue weighted by Crippen LogP contribution is -2.25. The molecule has 0 saturated carbocycles. The Hall–Kier alpha value is -1.88. The van der Waals surface area contributed by atoms with Crippen molar-refractivity contribution in [3.8, 4) is 0 Å². The highest BCUT2D eigenvalue weighted by Gasteiger charge is 2.05. The van der Waals surface area contributed by atoms with Gasteiger partial charge in [-0.3, -0.25) is 9.59 Å². The van der Waals surface area contributed by atoms with Gasteiger partial charge in [-0.15, -0.1) is 0 Å². The quantitative estimate of drug-likeness (QED) is 0.651. The van der Waals surface area contributed by atoms with Gasteiger partial charge in [-0.2, -0.15) is 0 Å². The van der Waals surface area contributed by atoms with E-state index in [0.29, 0.717) is 17.8 Å².